The predicted octanol–water partition coefficient (Wildman–Crippen LogP) is 3.94. The van der Waals surface area contributed by atoms with Crippen molar-refractivity contribution in [2.75, 3.05) is 13.7 Å². The molecular weight excluding hydrogens is 348 g/mol. The van der Waals surface area contributed by atoms with Crippen LogP contribution in [0.15, 0.2) is 48.5 Å². The van der Waals surface area contributed by atoms with Crippen LogP contribution in [0.3, 0.4) is 0 Å². The highest BCUT2D eigenvalue weighted by molar-refractivity contribution is 7.18. The Bertz CT molecular complexity index is 906. The number of ether oxygens (including phenoxy) is 1. The molecule has 1 fully saturated rings. The second-order valence-electron chi connectivity index (χ2n) is 6.40. The molecule has 2 atom stereocenters. The third kappa shape index (κ3) is 2.95. The minimum Gasteiger partial charge on any atom is -0.496 e. The molecule has 2 unspecified atom stereocenters. The highest BCUT2D eigenvalue weighted by Crippen LogP contribution is 2.41. The lowest BCUT2D eigenvalue weighted by atomic mass is 10.0. The van der Waals surface area contributed by atoms with Gasteiger partial charge < -0.3 is 9.84 Å². The zero-order chi connectivity index (χ0) is 18.1. The van der Waals surface area contributed by atoms with E-state index in [9.17, 15) is 9.90 Å². The number of nitrogens with zero attached hydrogens (tertiary/aromatic N) is 2. The van der Waals surface area contributed by atoms with Gasteiger partial charge >= 0.3 is 5.97 Å². The molecule has 2 aromatic carbocycles. The van der Waals surface area contributed by atoms with Crippen LogP contribution in [-0.2, 0) is 4.79 Å². The third-order valence-corrected chi connectivity index (χ3v) is 5.98. The van der Waals surface area contributed by atoms with Gasteiger partial charge in [-0.05, 0) is 31.0 Å². The van der Waals surface area contributed by atoms with Gasteiger partial charge in [-0.1, -0.05) is 30.3 Å². The average molecular weight is 368 g/mol. The number of aliphatic carboxylic acids is 1. The Hall–Kier alpha value is -2.44. The molecule has 1 aliphatic rings. The number of fused-ring (bicyclic) bond motifs is 1. The quantitative estimate of drug-likeness (QED) is 0.739. The molecule has 0 bridgehead atoms. The summed E-state index contributed by atoms with van der Waals surface area (Å²) in [5.41, 5.74) is 1.90. The second kappa shape index (κ2) is 7.05. The molecule has 4 rings (SSSR count). The zero-order valence-corrected chi connectivity index (χ0v) is 15.3. The van der Waals surface area contributed by atoms with Crippen LogP contribution in [0, 0.1) is 0 Å². The van der Waals surface area contributed by atoms with Gasteiger partial charge in [-0.15, -0.1) is 11.3 Å². The molecule has 1 aliphatic heterocycles. The van der Waals surface area contributed by atoms with Gasteiger partial charge in [-0.25, -0.2) is 4.98 Å². The van der Waals surface area contributed by atoms with Gasteiger partial charge in [0.05, 0.1) is 23.4 Å². The maximum atomic E-state index is 11.8. The predicted molar refractivity (Wildman–Crippen MR) is 102 cm³/mol. The van der Waals surface area contributed by atoms with Gasteiger partial charge in [0.2, 0.25) is 0 Å². The van der Waals surface area contributed by atoms with Crippen molar-refractivity contribution in [2.24, 2.45) is 0 Å². The van der Waals surface area contributed by atoms with Crippen LogP contribution in [0.5, 0.6) is 5.75 Å². The normalized spacial score (nSPS) is 18.9. The number of carbonyl (C=O) groups is 1. The Morgan fingerprint density at radius 3 is 2.81 bits per heavy atom. The summed E-state index contributed by atoms with van der Waals surface area (Å²) in [5.74, 6) is -0.0173. The molecule has 3 aromatic rings. The fourth-order valence-corrected chi connectivity index (χ4v) is 4.82. The first-order valence-corrected chi connectivity index (χ1v) is 9.47. The molecule has 2 heterocycles. The van der Waals surface area contributed by atoms with E-state index in [-0.39, 0.29) is 6.04 Å². The Balaban J connectivity index is 1.87. The highest BCUT2D eigenvalue weighted by atomic mass is 32.1. The van der Waals surface area contributed by atoms with Crippen LogP contribution in [-0.4, -0.2) is 40.7 Å². The summed E-state index contributed by atoms with van der Waals surface area (Å²) in [7, 11) is 1.65. The number of hydrogen-bond acceptors (Lipinski definition) is 5. The molecule has 6 heteroatoms. The van der Waals surface area contributed by atoms with Crippen molar-refractivity contribution < 1.29 is 14.6 Å². The van der Waals surface area contributed by atoms with E-state index >= 15 is 0 Å². The average Bonchev–Trinajstić information content (AvgIpc) is 3.29. The Labute approximate surface area is 155 Å². The van der Waals surface area contributed by atoms with Crippen LogP contribution in [0.1, 0.15) is 29.5 Å². The summed E-state index contributed by atoms with van der Waals surface area (Å²) in [5, 5.41) is 10.6. The Morgan fingerprint density at radius 1 is 1.27 bits per heavy atom. The molecule has 0 spiro atoms. The van der Waals surface area contributed by atoms with Crippen molar-refractivity contribution in [2.45, 2.75) is 24.9 Å². The van der Waals surface area contributed by atoms with E-state index in [0.717, 1.165) is 39.5 Å². The maximum Gasteiger partial charge on any atom is 0.320 e. The molecule has 1 N–H and O–H groups in total. The van der Waals surface area contributed by atoms with E-state index in [2.05, 4.69) is 11.0 Å². The number of rotatable bonds is 5. The molecule has 0 amide bonds. The summed E-state index contributed by atoms with van der Waals surface area (Å²) in [4.78, 5) is 18.7. The highest BCUT2D eigenvalue weighted by Gasteiger charge is 2.39. The molecule has 0 aliphatic carbocycles. The number of likely N-dealkylation sites (tertiary alicyclic amines) is 1. The summed E-state index contributed by atoms with van der Waals surface area (Å²) >= 11 is 1.62. The smallest absolute Gasteiger partial charge is 0.320 e. The van der Waals surface area contributed by atoms with Crippen LogP contribution in [0.4, 0.5) is 0 Å². The first-order chi connectivity index (χ1) is 12.7. The topological polar surface area (TPSA) is 62.7 Å². The van der Waals surface area contributed by atoms with Gasteiger partial charge in [-0.2, -0.15) is 0 Å². The largest absolute Gasteiger partial charge is 0.496 e. The van der Waals surface area contributed by atoms with E-state index in [4.69, 9.17) is 9.72 Å². The third-order valence-electron chi connectivity index (χ3n) is 4.89. The van der Waals surface area contributed by atoms with Crippen molar-refractivity contribution in [1.29, 1.82) is 0 Å². The molecule has 5 nitrogen and oxygen atoms in total. The summed E-state index contributed by atoms with van der Waals surface area (Å²) in [6.45, 7) is 0.732. The van der Waals surface area contributed by atoms with Gasteiger partial charge in [0, 0.05) is 12.1 Å². The minimum atomic E-state index is -0.775. The fraction of sp³-hybridized carbons (Fsp3) is 0.300. The molecule has 1 saturated heterocycles. The van der Waals surface area contributed by atoms with E-state index in [1.54, 1.807) is 18.4 Å². The van der Waals surface area contributed by atoms with Crippen LogP contribution >= 0.6 is 11.3 Å². The maximum absolute atomic E-state index is 11.8. The molecule has 0 saturated carbocycles. The van der Waals surface area contributed by atoms with E-state index in [1.165, 1.54) is 0 Å². The minimum absolute atomic E-state index is 0.229. The Kier molecular flexibility index (Phi) is 4.61. The zero-order valence-electron chi connectivity index (χ0n) is 14.5. The first-order valence-electron chi connectivity index (χ1n) is 8.66. The van der Waals surface area contributed by atoms with E-state index in [1.807, 2.05) is 42.5 Å². The van der Waals surface area contributed by atoms with Gasteiger partial charge in [-0.3, -0.25) is 9.69 Å². The number of hydrogen-bond donors (Lipinski definition) is 1. The molecular formula is C20H20N2O3S. The summed E-state index contributed by atoms with van der Waals surface area (Å²) in [6.07, 6.45) is 1.53. The number of methoxy groups -OCH3 is 1. The number of thiazole rings is 1. The van der Waals surface area contributed by atoms with Crippen molar-refractivity contribution in [3.63, 3.8) is 0 Å². The summed E-state index contributed by atoms with van der Waals surface area (Å²) < 4.78 is 6.68. The first kappa shape index (κ1) is 17.0. The van der Waals surface area contributed by atoms with E-state index < -0.39 is 12.0 Å². The van der Waals surface area contributed by atoms with Gasteiger partial charge in [0.25, 0.3) is 0 Å². The number of para-hydroxylation sites is 2. The molecule has 0 radical (unpaired) electrons. The summed E-state index contributed by atoms with van der Waals surface area (Å²) in [6, 6.07) is 15.1. The van der Waals surface area contributed by atoms with Crippen LogP contribution < -0.4 is 4.74 Å². The van der Waals surface area contributed by atoms with Crippen molar-refractivity contribution >= 4 is 27.5 Å². The standard InChI is InChI=1S/C20H20N2O3S/c1-25-16-10-4-2-7-13(16)18(22-12-6-9-15(22)20(23)24)19-21-14-8-3-5-11-17(14)26-19/h2-5,7-8,10-11,15,18H,6,9,12H2,1H3,(H,23,24). The van der Waals surface area contributed by atoms with Crippen LogP contribution in [0.2, 0.25) is 0 Å². The van der Waals surface area contributed by atoms with Crippen molar-refractivity contribution in [1.82, 2.24) is 9.88 Å². The van der Waals surface area contributed by atoms with Crippen LogP contribution in [0.25, 0.3) is 10.2 Å². The number of carboxylic acids is 1. The molecule has 134 valence electrons. The molecule has 1 aromatic heterocycles. The SMILES string of the molecule is COc1ccccc1C(c1nc2ccccc2s1)N1CCCC1C(=O)O. The molecule has 26 heavy (non-hydrogen) atoms. The Morgan fingerprint density at radius 2 is 2.04 bits per heavy atom. The van der Waals surface area contributed by atoms with Crippen molar-refractivity contribution in [3.8, 4) is 5.75 Å². The lowest BCUT2D eigenvalue weighted by molar-refractivity contribution is -0.142. The van der Waals surface area contributed by atoms with Crippen molar-refractivity contribution in [3.05, 3.63) is 59.1 Å². The fourth-order valence-electron chi connectivity index (χ4n) is 3.72. The van der Waals surface area contributed by atoms with Gasteiger partial charge in [0.1, 0.15) is 16.8 Å². The van der Waals surface area contributed by atoms with E-state index in [0.29, 0.717) is 6.42 Å². The second-order valence-corrected chi connectivity index (χ2v) is 7.46. The lowest BCUT2D eigenvalue weighted by Crippen LogP contribution is -2.39. The van der Waals surface area contributed by atoms with Gasteiger partial charge in [0.15, 0.2) is 0 Å². The number of carboxylic acid groups (broad SMARTS) is 1. The lowest BCUT2D eigenvalue weighted by Gasteiger charge is -2.30. The monoisotopic (exact) mass is 368 g/mol. The number of benzene rings is 2. The number of aromatic nitrogens is 1.